The number of aliphatic carboxylic acids is 2. The van der Waals surface area contributed by atoms with Gasteiger partial charge in [-0.25, -0.2) is 9.59 Å². The maximum atomic E-state index is 9.98. The predicted molar refractivity (Wildman–Crippen MR) is 88.5 cm³/mol. The molecule has 1 atom stereocenters. The number of hydrogen-bond acceptors (Lipinski definition) is 5. The molecule has 0 fully saturated rings. The molecule has 1 heterocycles. The molecule has 3 rings (SSSR count). The van der Waals surface area contributed by atoms with Gasteiger partial charge in [0.1, 0.15) is 0 Å². The minimum absolute atomic E-state index is 0.444. The number of aliphatic hydroxyl groups is 1. The Morgan fingerprint density at radius 1 is 1.17 bits per heavy atom. The molecule has 2 aromatic rings. The number of nitrogens with zero attached hydrogens (tertiary/aromatic N) is 1. The van der Waals surface area contributed by atoms with Gasteiger partial charge in [-0.1, -0.05) is 18.2 Å². The van der Waals surface area contributed by atoms with Gasteiger partial charge < -0.3 is 21.1 Å². The van der Waals surface area contributed by atoms with E-state index in [0.29, 0.717) is 17.8 Å². The van der Waals surface area contributed by atoms with Crippen molar-refractivity contribution >= 4 is 28.5 Å². The lowest BCUT2D eigenvalue weighted by molar-refractivity contribution is -0.134. The smallest absolute Gasteiger partial charge is 0.328 e. The zero-order chi connectivity index (χ0) is 17.7. The number of nitrogen functional groups attached to an aromatic ring is 1. The number of pyridine rings is 1. The molecule has 1 aliphatic rings. The first-order valence-electron chi connectivity index (χ1n) is 7.39. The molecule has 0 saturated heterocycles. The van der Waals surface area contributed by atoms with Gasteiger partial charge in [-0.3, -0.25) is 4.98 Å². The van der Waals surface area contributed by atoms with E-state index in [1.165, 1.54) is 0 Å². The number of carboxylic acids is 2. The fourth-order valence-electron chi connectivity index (χ4n) is 2.62. The van der Waals surface area contributed by atoms with Crippen molar-refractivity contribution in [1.82, 2.24) is 4.98 Å². The average molecular weight is 330 g/mol. The summed E-state index contributed by atoms with van der Waals surface area (Å²) in [5, 5.41) is 26.6. The van der Waals surface area contributed by atoms with Crippen LogP contribution in [0.3, 0.4) is 0 Å². The second-order valence-corrected chi connectivity index (χ2v) is 5.32. The predicted octanol–water partition coefficient (Wildman–Crippen LogP) is 1.90. The molecule has 1 unspecified atom stereocenters. The van der Waals surface area contributed by atoms with E-state index in [1.807, 2.05) is 24.3 Å². The minimum atomic E-state index is -1.26. The van der Waals surface area contributed by atoms with Crippen LogP contribution in [0.15, 0.2) is 36.4 Å². The average Bonchev–Trinajstić information content (AvgIpc) is 2.54. The van der Waals surface area contributed by atoms with Gasteiger partial charge in [0.05, 0.1) is 11.6 Å². The van der Waals surface area contributed by atoms with Crippen LogP contribution in [0.25, 0.3) is 10.9 Å². The molecule has 24 heavy (non-hydrogen) atoms. The van der Waals surface area contributed by atoms with E-state index in [2.05, 4.69) is 4.98 Å². The summed E-state index contributed by atoms with van der Waals surface area (Å²) < 4.78 is 0. The molecule has 1 aromatic carbocycles. The molecule has 0 radical (unpaired) electrons. The Labute approximate surface area is 138 Å². The van der Waals surface area contributed by atoms with Crippen LogP contribution in [0.1, 0.15) is 30.2 Å². The van der Waals surface area contributed by atoms with E-state index in [1.54, 1.807) is 0 Å². The zero-order valence-electron chi connectivity index (χ0n) is 12.8. The van der Waals surface area contributed by atoms with Gasteiger partial charge in [-0.05, 0) is 25.3 Å². The first-order valence-corrected chi connectivity index (χ1v) is 7.39. The van der Waals surface area contributed by atoms with Gasteiger partial charge >= 0.3 is 11.9 Å². The van der Waals surface area contributed by atoms with Crippen LogP contribution in [0.4, 0.5) is 5.69 Å². The highest BCUT2D eigenvalue weighted by molar-refractivity contribution is 5.92. The Bertz CT molecular complexity index is 785. The summed E-state index contributed by atoms with van der Waals surface area (Å²) >= 11 is 0. The number of benzene rings is 1. The molecule has 126 valence electrons. The van der Waals surface area contributed by atoms with Gasteiger partial charge in [0.15, 0.2) is 0 Å². The molecular formula is C17H18N2O5. The topological polar surface area (TPSA) is 134 Å². The molecule has 0 saturated carbocycles. The molecule has 7 heteroatoms. The highest BCUT2D eigenvalue weighted by Gasteiger charge is 2.23. The normalized spacial score (nSPS) is 16.3. The Kier molecular flexibility index (Phi) is 5.49. The molecule has 7 nitrogen and oxygen atoms in total. The van der Waals surface area contributed by atoms with Gasteiger partial charge in [-0.2, -0.15) is 0 Å². The maximum absolute atomic E-state index is 9.98. The van der Waals surface area contributed by atoms with Crippen LogP contribution in [0, 0.1) is 0 Å². The number of nitrogens with two attached hydrogens (primary N) is 1. The van der Waals surface area contributed by atoms with Crippen LogP contribution in [-0.2, 0) is 16.0 Å². The molecular weight excluding hydrogens is 312 g/mol. The number of aliphatic hydroxyl groups excluding tert-OH is 1. The number of fused-ring (bicyclic) bond motifs is 2. The molecule has 0 aliphatic heterocycles. The van der Waals surface area contributed by atoms with Crippen LogP contribution in [0.2, 0.25) is 0 Å². The zero-order valence-corrected chi connectivity index (χ0v) is 12.8. The lowest BCUT2D eigenvalue weighted by Crippen LogP contribution is -2.14. The highest BCUT2D eigenvalue weighted by atomic mass is 16.4. The van der Waals surface area contributed by atoms with Crippen LogP contribution in [0.5, 0.6) is 0 Å². The number of rotatable bonds is 2. The molecule has 0 bridgehead atoms. The first kappa shape index (κ1) is 17.4. The Hall–Kier alpha value is -2.93. The number of hydrogen-bond donors (Lipinski definition) is 4. The third-order valence-corrected chi connectivity index (χ3v) is 3.64. The second kappa shape index (κ2) is 7.56. The largest absolute Gasteiger partial charge is 0.478 e. The Morgan fingerprint density at radius 2 is 1.79 bits per heavy atom. The maximum Gasteiger partial charge on any atom is 0.328 e. The van der Waals surface area contributed by atoms with Crippen LogP contribution in [-0.4, -0.2) is 32.2 Å². The summed E-state index contributed by atoms with van der Waals surface area (Å²) in [6, 6.07) is 7.83. The standard InChI is InChI=1S/C13H14N2O.C4H4O4/c14-13-8-4-1-2-5-9(8)15-10-6-3-7-11(16)12(10)13;5-3(6)1-2-4(7)8/h1-2,4-5,11,16H,3,6-7H2,(H2,14,15);1-2H,(H,5,6)(H,7,8). The fraction of sp³-hybridized carbons (Fsp3) is 0.235. The third-order valence-electron chi connectivity index (χ3n) is 3.64. The number of carbonyl (C=O) groups is 2. The number of aromatic nitrogens is 1. The summed E-state index contributed by atoms with van der Waals surface area (Å²) in [6.45, 7) is 0. The van der Waals surface area contributed by atoms with Crippen molar-refractivity contribution in [2.45, 2.75) is 25.4 Å². The van der Waals surface area contributed by atoms with Crippen LogP contribution < -0.4 is 5.73 Å². The summed E-state index contributed by atoms with van der Waals surface area (Å²) in [7, 11) is 0. The number of carboxylic acid groups (broad SMARTS) is 2. The number of para-hydroxylation sites is 1. The van der Waals surface area contributed by atoms with Crippen LogP contribution >= 0.6 is 0 Å². The Morgan fingerprint density at radius 3 is 2.42 bits per heavy atom. The summed E-state index contributed by atoms with van der Waals surface area (Å²) in [4.78, 5) is 23.7. The van der Waals surface area contributed by atoms with E-state index >= 15 is 0 Å². The Balaban J connectivity index is 0.000000224. The molecule has 1 aromatic heterocycles. The van der Waals surface area contributed by atoms with Crippen molar-refractivity contribution in [3.8, 4) is 0 Å². The highest BCUT2D eigenvalue weighted by Crippen LogP contribution is 2.36. The summed E-state index contributed by atoms with van der Waals surface area (Å²) in [6.07, 6.45) is 3.36. The van der Waals surface area contributed by atoms with Gasteiger partial charge in [0, 0.05) is 34.5 Å². The number of anilines is 1. The van der Waals surface area contributed by atoms with Gasteiger partial charge in [-0.15, -0.1) is 0 Å². The van der Waals surface area contributed by atoms with Crippen molar-refractivity contribution in [1.29, 1.82) is 0 Å². The SMILES string of the molecule is Nc1c2c(nc3ccccc13)CCCC2O.O=C(O)C=CC(=O)O. The van der Waals surface area contributed by atoms with E-state index in [0.717, 1.165) is 41.4 Å². The minimum Gasteiger partial charge on any atom is -0.478 e. The van der Waals surface area contributed by atoms with Gasteiger partial charge in [0.2, 0.25) is 0 Å². The van der Waals surface area contributed by atoms with E-state index in [-0.39, 0.29) is 0 Å². The molecule has 5 N–H and O–H groups in total. The fourth-order valence-corrected chi connectivity index (χ4v) is 2.62. The lowest BCUT2D eigenvalue weighted by Gasteiger charge is -2.23. The van der Waals surface area contributed by atoms with Crippen molar-refractivity contribution in [2.24, 2.45) is 0 Å². The summed E-state index contributed by atoms with van der Waals surface area (Å²) in [5.74, 6) is -2.51. The second-order valence-electron chi connectivity index (χ2n) is 5.32. The monoisotopic (exact) mass is 330 g/mol. The van der Waals surface area contributed by atoms with Crippen molar-refractivity contribution in [3.63, 3.8) is 0 Å². The summed E-state index contributed by atoms with van der Waals surface area (Å²) in [5.41, 5.74) is 9.58. The van der Waals surface area contributed by atoms with Crippen molar-refractivity contribution in [2.75, 3.05) is 5.73 Å². The third kappa shape index (κ3) is 4.08. The van der Waals surface area contributed by atoms with Crippen molar-refractivity contribution < 1.29 is 24.9 Å². The van der Waals surface area contributed by atoms with E-state index in [4.69, 9.17) is 15.9 Å². The first-order chi connectivity index (χ1) is 11.4. The van der Waals surface area contributed by atoms with E-state index in [9.17, 15) is 14.7 Å². The van der Waals surface area contributed by atoms with E-state index < -0.39 is 18.0 Å². The molecule has 1 aliphatic carbocycles. The number of aryl methyl sites for hydroxylation is 1. The lowest BCUT2D eigenvalue weighted by atomic mass is 9.90. The quantitative estimate of drug-likeness (QED) is 0.618. The van der Waals surface area contributed by atoms with Gasteiger partial charge in [0.25, 0.3) is 0 Å². The molecule has 0 spiro atoms. The van der Waals surface area contributed by atoms with Crippen molar-refractivity contribution in [3.05, 3.63) is 47.7 Å². The molecule has 0 amide bonds.